The fourth-order valence-electron chi connectivity index (χ4n) is 2.43. The highest BCUT2D eigenvalue weighted by Gasteiger charge is 2.19. The van der Waals surface area contributed by atoms with Crippen molar-refractivity contribution in [1.29, 1.82) is 0 Å². The summed E-state index contributed by atoms with van der Waals surface area (Å²) in [4.78, 5) is 11.5. The number of carbonyl (C=O) groups excluding carboxylic acids is 1. The Kier molecular flexibility index (Phi) is 4.02. The molecule has 2 aromatic carbocycles. The predicted octanol–water partition coefficient (Wildman–Crippen LogP) is 2.67. The highest BCUT2D eigenvalue weighted by molar-refractivity contribution is 7.90. The van der Waals surface area contributed by atoms with E-state index in [2.05, 4.69) is 4.74 Å². The molecule has 0 fully saturated rings. The molecule has 0 aliphatic heterocycles. The molecule has 0 saturated heterocycles. The van der Waals surface area contributed by atoms with Gasteiger partial charge >= 0.3 is 5.97 Å². The van der Waals surface area contributed by atoms with Crippen molar-refractivity contribution in [3.05, 3.63) is 60.3 Å². The van der Waals surface area contributed by atoms with Crippen LogP contribution in [0.5, 0.6) is 5.75 Å². The topological polar surface area (TPSA) is 74.6 Å². The molecular weight excluding hydrogens is 330 g/mol. The molecule has 0 aliphatic carbocycles. The summed E-state index contributed by atoms with van der Waals surface area (Å²) in [5, 5.41) is 0.754. The summed E-state index contributed by atoms with van der Waals surface area (Å²) >= 11 is 0. The number of rotatable bonds is 4. The van der Waals surface area contributed by atoms with Crippen LogP contribution in [0, 0.1) is 0 Å². The Labute approximate surface area is 139 Å². The maximum Gasteiger partial charge on any atom is 0.337 e. The van der Waals surface area contributed by atoms with Crippen LogP contribution in [-0.2, 0) is 14.8 Å². The lowest BCUT2D eigenvalue weighted by Gasteiger charge is -2.08. The van der Waals surface area contributed by atoms with E-state index in [4.69, 9.17) is 4.74 Å². The van der Waals surface area contributed by atoms with Crippen LogP contribution in [0.15, 0.2) is 59.6 Å². The first-order valence-electron chi connectivity index (χ1n) is 7.06. The molecule has 1 heterocycles. The Balaban J connectivity index is 2.06. The summed E-state index contributed by atoms with van der Waals surface area (Å²) in [6, 6.07) is 12.5. The smallest absolute Gasteiger partial charge is 0.337 e. The summed E-state index contributed by atoms with van der Waals surface area (Å²) in [5.74, 6) is 0.137. The van der Waals surface area contributed by atoms with Crippen LogP contribution in [0.2, 0.25) is 0 Å². The summed E-state index contributed by atoms with van der Waals surface area (Å²) in [5.41, 5.74) is 0.839. The lowest BCUT2D eigenvalue weighted by molar-refractivity contribution is 0.0600. The number of hydrogen-bond acceptors (Lipinski definition) is 5. The first-order valence-corrected chi connectivity index (χ1v) is 8.50. The maximum atomic E-state index is 12.8. The quantitative estimate of drug-likeness (QED) is 0.680. The maximum absolute atomic E-state index is 12.8. The molecule has 3 aromatic rings. The fraction of sp³-hybridized carbons (Fsp3) is 0.118. The van der Waals surface area contributed by atoms with Crippen molar-refractivity contribution in [2.75, 3.05) is 14.2 Å². The molecule has 6 nitrogen and oxygen atoms in total. The lowest BCUT2D eigenvalue weighted by Crippen LogP contribution is -2.12. The van der Waals surface area contributed by atoms with Crippen LogP contribution in [0.25, 0.3) is 10.9 Å². The molecule has 0 spiro atoms. The van der Waals surface area contributed by atoms with Crippen LogP contribution in [-0.4, -0.2) is 32.6 Å². The van der Waals surface area contributed by atoms with E-state index in [0.717, 1.165) is 5.39 Å². The second kappa shape index (κ2) is 6.01. The van der Waals surface area contributed by atoms with Crippen LogP contribution < -0.4 is 4.74 Å². The third kappa shape index (κ3) is 2.63. The molecule has 0 N–H and O–H groups in total. The van der Waals surface area contributed by atoms with E-state index in [1.807, 2.05) is 0 Å². The average molecular weight is 345 g/mol. The van der Waals surface area contributed by atoms with Crippen molar-refractivity contribution in [2.24, 2.45) is 0 Å². The summed E-state index contributed by atoms with van der Waals surface area (Å²) in [7, 11) is -0.943. The van der Waals surface area contributed by atoms with Gasteiger partial charge in [-0.3, -0.25) is 0 Å². The van der Waals surface area contributed by atoms with Crippen molar-refractivity contribution in [2.45, 2.75) is 4.90 Å². The van der Waals surface area contributed by atoms with Gasteiger partial charge in [0.1, 0.15) is 5.75 Å². The number of fused-ring (bicyclic) bond motifs is 1. The second-order valence-corrected chi connectivity index (χ2v) is 6.87. The monoisotopic (exact) mass is 345 g/mol. The Morgan fingerprint density at radius 1 is 1.00 bits per heavy atom. The SMILES string of the molecule is COC(=O)c1ccc(S(=O)(=O)n2ccc3cc(OC)ccc32)cc1. The third-order valence-electron chi connectivity index (χ3n) is 3.69. The van der Waals surface area contributed by atoms with E-state index >= 15 is 0 Å². The molecular formula is C17H15NO5S. The van der Waals surface area contributed by atoms with Gasteiger partial charge in [0.25, 0.3) is 10.0 Å². The Morgan fingerprint density at radius 3 is 2.33 bits per heavy atom. The first kappa shape index (κ1) is 16.1. The Hall–Kier alpha value is -2.80. The van der Waals surface area contributed by atoms with E-state index in [-0.39, 0.29) is 4.90 Å². The molecule has 0 unspecified atom stereocenters. The highest BCUT2D eigenvalue weighted by atomic mass is 32.2. The van der Waals surface area contributed by atoms with Gasteiger partial charge in [-0.25, -0.2) is 17.2 Å². The molecule has 0 amide bonds. The van der Waals surface area contributed by atoms with Crippen molar-refractivity contribution in [3.63, 3.8) is 0 Å². The third-order valence-corrected chi connectivity index (χ3v) is 5.40. The minimum atomic E-state index is -3.77. The summed E-state index contributed by atoms with van der Waals surface area (Å²) < 4.78 is 36.6. The van der Waals surface area contributed by atoms with E-state index in [9.17, 15) is 13.2 Å². The van der Waals surface area contributed by atoms with Crippen molar-refractivity contribution in [1.82, 2.24) is 3.97 Å². The number of hydrogen-bond donors (Lipinski definition) is 0. The zero-order valence-electron chi connectivity index (χ0n) is 13.1. The fourth-order valence-corrected chi connectivity index (χ4v) is 3.78. The van der Waals surface area contributed by atoms with E-state index in [1.165, 1.54) is 41.5 Å². The molecule has 124 valence electrons. The normalized spacial score (nSPS) is 11.4. The number of esters is 1. The first-order chi connectivity index (χ1) is 11.5. The standard InChI is InChI=1S/C17H15NO5S/c1-22-14-5-8-16-13(11-14)9-10-18(16)24(20,21)15-6-3-12(4-7-15)17(19)23-2/h3-11H,1-2H3. The molecule has 0 atom stereocenters. The average Bonchev–Trinajstić information content (AvgIpc) is 3.04. The minimum absolute atomic E-state index is 0.0865. The summed E-state index contributed by atoms with van der Waals surface area (Å²) in [6.45, 7) is 0. The molecule has 0 saturated carbocycles. The van der Waals surface area contributed by atoms with Gasteiger partial charge in [-0.1, -0.05) is 0 Å². The molecule has 0 aliphatic rings. The molecule has 0 radical (unpaired) electrons. The Bertz CT molecular complexity index is 1000. The number of nitrogens with zero attached hydrogens (tertiary/aromatic N) is 1. The van der Waals surface area contributed by atoms with Crippen LogP contribution in [0.4, 0.5) is 0 Å². The molecule has 0 bridgehead atoms. The van der Waals surface area contributed by atoms with Crippen molar-refractivity contribution >= 4 is 26.9 Å². The zero-order chi connectivity index (χ0) is 17.3. The number of carbonyl (C=O) groups is 1. The van der Waals surface area contributed by atoms with E-state index < -0.39 is 16.0 Å². The van der Waals surface area contributed by atoms with Gasteiger partial charge in [-0.15, -0.1) is 0 Å². The molecule has 1 aromatic heterocycles. The van der Waals surface area contributed by atoms with Crippen LogP contribution >= 0.6 is 0 Å². The van der Waals surface area contributed by atoms with Gasteiger partial charge in [-0.05, 0) is 48.5 Å². The minimum Gasteiger partial charge on any atom is -0.497 e. The van der Waals surface area contributed by atoms with Crippen LogP contribution in [0.1, 0.15) is 10.4 Å². The molecule has 7 heteroatoms. The highest BCUT2D eigenvalue weighted by Crippen LogP contribution is 2.25. The zero-order valence-corrected chi connectivity index (χ0v) is 13.9. The Morgan fingerprint density at radius 2 is 1.71 bits per heavy atom. The lowest BCUT2D eigenvalue weighted by atomic mass is 10.2. The number of benzene rings is 2. The van der Waals surface area contributed by atoms with Gasteiger partial charge < -0.3 is 9.47 Å². The van der Waals surface area contributed by atoms with Gasteiger partial charge in [0, 0.05) is 11.6 Å². The summed E-state index contributed by atoms with van der Waals surface area (Å²) in [6.07, 6.45) is 1.49. The largest absolute Gasteiger partial charge is 0.497 e. The molecule has 24 heavy (non-hydrogen) atoms. The van der Waals surface area contributed by atoms with Crippen LogP contribution in [0.3, 0.4) is 0 Å². The van der Waals surface area contributed by atoms with Crippen molar-refractivity contribution < 1.29 is 22.7 Å². The van der Waals surface area contributed by atoms with E-state index in [1.54, 1.807) is 31.4 Å². The van der Waals surface area contributed by atoms with Gasteiger partial charge in [-0.2, -0.15) is 0 Å². The predicted molar refractivity (Wildman–Crippen MR) is 88.9 cm³/mol. The number of ether oxygens (including phenoxy) is 2. The van der Waals surface area contributed by atoms with Gasteiger partial charge in [0.05, 0.1) is 30.2 Å². The van der Waals surface area contributed by atoms with Gasteiger partial charge in [0.15, 0.2) is 0 Å². The number of aromatic nitrogens is 1. The van der Waals surface area contributed by atoms with Crippen molar-refractivity contribution in [3.8, 4) is 5.75 Å². The van der Waals surface area contributed by atoms with E-state index in [0.29, 0.717) is 16.8 Å². The number of methoxy groups -OCH3 is 2. The van der Waals surface area contributed by atoms with Gasteiger partial charge in [0.2, 0.25) is 0 Å². The molecule has 3 rings (SSSR count). The second-order valence-electron chi connectivity index (χ2n) is 5.06.